The first kappa shape index (κ1) is 17.6. The lowest BCUT2D eigenvalue weighted by atomic mass is 10.1. The highest BCUT2D eigenvalue weighted by atomic mass is 32.2. The lowest BCUT2D eigenvalue weighted by molar-refractivity contribution is 0.281. The lowest BCUT2D eigenvalue weighted by Crippen LogP contribution is -2.20. The van der Waals surface area contributed by atoms with Gasteiger partial charge in [-0.3, -0.25) is 0 Å². The predicted octanol–water partition coefficient (Wildman–Crippen LogP) is 1.94. The largest absolute Gasteiger partial charge is 0.392 e. The summed E-state index contributed by atoms with van der Waals surface area (Å²) < 4.78 is 26.0. The molecule has 2 aromatic carbocycles. The van der Waals surface area contributed by atoms with E-state index in [0.29, 0.717) is 6.54 Å². The standard InChI is InChI=1S/C17H22N2O3S/c1-13(16-7-3-6-15(9-16)12-20)19-11-14-5-4-8-17(10-14)23(21,22)18-2/h3-10,13,18-20H,11-12H2,1-2H3. The molecule has 0 spiro atoms. The van der Waals surface area contributed by atoms with Gasteiger partial charge in [0.25, 0.3) is 0 Å². The highest BCUT2D eigenvalue weighted by Crippen LogP contribution is 2.16. The van der Waals surface area contributed by atoms with E-state index in [0.717, 1.165) is 16.7 Å². The van der Waals surface area contributed by atoms with Crippen molar-refractivity contribution in [3.8, 4) is 0 Å². The Kier molecular flexibility index (Phi) is 5.90. The molecule has 0 radical (unpaired) electrons. The second kappa shape index (κ2) is 7.70. The van der Waals surface area contributed by atoms with Gasteiger partial charge in [0.2, 0.25) is 10.0 Å². The summed E-state index contributed by atoms with van der Waals surface area (Å²) in [5.41, 5.74) is 2.85. The van der Waals surface area contributed by atoms with E-state index in [9.17, 15) is 13.5 Å². The van der Waals surface area contributed by atoms with Gasteiger partial charge in [0.05, 0.1) is 11.5 Å². The van der Waals surface area contributed by atoms with E-state index < -0.39 is 10.0 Å². The fourth-order valence-corrected chi connectivity index (χ4v) is 3.09. The second-order valence-electron chi connectivity index (χ2n) is 5.36. The molecule has 0 aromatic heterocycles. The van der Waals surface area contributed by atoms with Crippen molar-refractivity contribution in [3.05, 3.63) is 65.2 Å². The van der Waals surface area contributed by atoms with E-state index >= 15 is 0 Å². The summed E-state index contributed by atoms with van der Waals surface area (Å²) in [7, 11) is -2.03. The van der Waals surface area contributed by atoms with Crippen molar-refractivity contribution in [1.82, 2.24) is 10.0 Å². The molecular weight excluding hydrogens is 312 g/mol. The molecular formula is C17H22N2O3S. The third kappa shape index (κ3) is 4.62. The SMILES string of the molecule is CNS(=O)(=O)c1cccc(CNC(C)c2cccc(CO)c2)c1. The van der Waals surface area contributed by atoms with E-state index in [-0.39, 0.29) is 17.5 Å². The topological polar surface area (TPSA) is 78.4 Å². The summed E-state index contributed by atoms with van der Waals surface area (Å²) >= 11 is 0. The molecule has 0 amide bonds. The van der Waals surface area contributed by atoms with Gasteiger partial charge in [0, 0.05) is 12.6 Å². The van der Waals surface area contributed by atoms with Crippen LogP contribution in [0.4, 0.5) is 0 Å². The maximum absolute atomic E-state index is 11.8. The average molecular weight is 334 g/mol. The van der Waals surface area contributed by atoms with Crippen LogP contribution in [0.25, 0.3) is 0 Å². The van der Waals surface area contributed by atoms with Crippen LogP contribution in [0.2, 0.25) is 0 Å². The Labute approximate surface area is 137 Å². The third-order valence-corrected chi connectivity index (χ3v) is 5.14. The highest BCUT2D eigenvalue weighted by molar-refractivity contribution is 7.89. The van der Waals surface area contributed by atoms with E-state index in [1.807, 2.05) is 37.3 Å². The molecule has 3 N–H and O–H groups in total. The Hall–Kier alpha value is -1.73. The van der Waals surface area contributed by atoms with Crippen molar-refractivity contribution < 1.29 is 13.5 Å². The van der Waals surface area contributed by atoms with Crippen molar-refractivity contribution in [1.29, 1.82) is 0 Å². The number of nitrogens with one attached hydrogen (secondary N) is 2. The number of sulfonamides is 1. The minimum Gasteiger partial charge on any atom is -0.392 e. The molecule has 0 bridgehead atoms. The van der Waals surface area contributed by atoms with E-state index in [4.69, 9.17) is 0 Å². The van der Waals surface area contributed by atoms with Crippen molar-refractivity contribution in [3.63, 3.8) is 0 Å². The first-order chi connectivity index (χ1) is 11.0. The number of hydrogen-bond donors (Lipinski definition) is 3. The summed E-state index contributed by atoms with van der Waals surface area (Å²) in [4.78, 5) is 0.259. The average Bonchev–Trinajstić information content (AvgIpc) is 2.60. The summed E-state index contributed by atoms with van der Waals surface area (Å²) in [6, 6.07) is 14.7. The molecule has 2 aromatic rings. The van der Waals surface area contributed by atoms with E-state index in [2.05, 4.69) is 10.0 Å². The fourth-order valence-electron chi connectivity index (χ4n) is 2.29. The Balaban J connectivity index is 2.07. The van der Waals surface area contributed by atoms with Crippen LogP contribution in [0.15, 0.2) is 53.4 Å². The molecule has 5 nitrogen and oxygen atoms in total. The van der Waals surface area contributed by atoms with Gasteiger partial charge in [0.1, 0.15) is 0 Å². The van der Waals surface area contributed by atoms with Crippen molar-refractivity contribution in [2.45, 2.75) is 31.0 Å². The van der Waals surface area contributed by atoms with Crippen LogP contribution in [0, 0.1) is 0 Å². The van der Waals surface area contributed by atoms with Crippen molar-refractivity contribution >= 4 is 10.0 Å². The maximum Gasteiger partial charge on any atom is 0.240 e. The number of rotatable bonds is 7. The van der Waals surface area contributed by atoms with Crippen LogP contribution in [0.3, 0.4) is 0 Å². The maximum atomic E-state index is 11.8. The van der Waals surface area contributed by atoms with Gasteiger partial charge in [-0.15, -0.1) is 0 Å². The Bertz CT molecular complexity index is 760. The van der Waals surface area contributed by atoms with Crippen LogP contribution in [-0.2, 0) is 23.2 Å². The lowest BCUT2D eigenvalue weighted by Gasteiger charge is -2.15. The zero-order chi connectivity index (χ0) is 16.9. The van der Waals surface area contributed by atoms with Gasteiger partial charge in [-0.1, -0.05) is 36.4 Å². The Morgan fingerprint density at radius 1 is 1.09 bits per heavy atom. The molecule has 6 heteroatoms. The van der Waals surface area contributed by atoms with Crippen LogP contribution in [-0.4, -0.2) is 20.6 Å². The van der Waals surface area contributed by atoms with E-state index in [1.54, 1.807) is 18.2 Å². The summed E-state index contributed by atoms with van der Waals surface area (Å²) in [5.74, 6) is 0. The van der Waals surface area contributed by atoms with Crippen LogP contribution >= 0.6 is 0 Å². The molecule has 0 aliphatic heterocycles. The second-order valence-corrected chi connectivity index (χ2v) is 7.25. The molecule has 0 aliphatic carbocycles. The molecule has 0 heterocycles. The minimum atomic E-state index is -3.43. The molecule has 1 unspecified atom stereocenters. The summed E-state index contributed by atoms with van der Waals surface area (Å²) in [6.07, 6.45) is 0. The molecule has 0 aliphatic rings. The van der Waals surface area contributed by atoms with Gasteiger partial charge in [-0.25, -0.2) is 13.1 Å². The molecule has 0 saturated carbocycles. The normalized spacial score (nSPS) is 13.0. The number of aliphatic hydroxyl groups is 1. The molecule has 2 rings (SSSR count). The highest BCUT2D eigenvalue weighted by Gasteiger charge is 2.12. The summed E-state index contributed by atoms with van der Waals surface area (Å²) in [5, 5.41) is 12.6. The van der Waals surface area contributed by atoms with E-state index in [1.165, 1.54) is 7.05 Å². The first-order valence-corrected chi connectivity index (χ1v) is 8.90. The van der Waals surface area contributed by atoms with Gasteiger partial charge < -0.3 is 10.4 Å². The van der Waals surface area contributed by atoms with Gasteiger partial charge in [-0.05, 0) is 42.8 Å². The zero-order valence-electron chi connectivity index (χ0n) is 13.3. The summed E-state index contributed by atoms with van der Waals surface area (Å²) in [6.45, 7) is 2.60. The first-order valence-electron chi connectivity index (χ1n) is 7.42. The van der Waals surface area contributed by atoms with Crippen molar-refractivity contribution in [2.24, 2.45) is 0 Å². The molecule has 124 valence electrons. The van der Waals surface area contributed by atoms with Gasteiger partial charge in [0.15, 0.2) is 0 Å². The van der Waals surface area contributed by atoms with Crippen LogP contribution in [0.5, 0.6) is 0 Å². The smallest absolute Gasteiger partial charge is 0.240 e. The molecule has 0 fully saturated rings. The number of benzene rings is 2. The van der Waals surface area contributed by atoms with Crippen molar-refractivity contribution in [2.75, 3.05) is 7.05 Å². The minimum absolute atomic E-state index is 0.0183. The Morgan fingerprint density at radius 2 is 1.78 bits per heavy atom. The number of hydrogen-bond acceptors (Lipinski definition) is 4. The molecule has 0 saturated heterocycles. The zero-order valence-corrected chi connectivity index (χ0v) is 14.1. The predicted molar refractivity (Wildman–Crippen MR) is 90.3 cm³/mol. The van der Waals surface area contributed by atoms with Gasteiger partial charge >= 0.3 is 0 Å². The molecule has 23 heavy (non-hydrogen) atoms. The Morgan fingerprint density at radius 3 is 2.48 bits per heavy atom. The van der Waals surface area contributed by atoms with Crippen LogP contribution < -0.4 is 10.0 Å². The third-order valence-electron chi connectivity index (χ3n) is 3.72. The monoisotopic (exact) mass is 334 g/mol. The number of aliphatic hydroxyl groups excluding tert-OH is 1. The van der Waals surface area contributed by atoms with Gasteiger partial charge in [-0.2, -0.15) is 0 Å². The fraction of sp³-hybridized carbons (Fsp3) is 0.294. The quantitative estimate of drug-likeness (QED) is 0.723. The van der Waals surface area contributed by atoms with Crippen LogP contribution in [0.1, 0.15) is 29.7 Å². The molecule has 1 atom stereocenters.